The van der Waals surface area contributed by atoms with E-state index in [2.05, 4.69) is 91.8 Å². The van der Waals surface area contributed by atoms with Crippen molar-refractivity contribution in [3.8, 4) is 28.6 Å². The fourth-order valence-corrected chi connectivity index (χ4v) is 4.93. The second kappa shape index (κ2) is 11.2. The van der Waals surface area contributed by atoms with E-state index in [1.165, 1.54) is 16.5 Å². The Bertz CT molecular complexity index is 1770. The first-order valence-electron chi connectivity index (χ1n) is 13.1. The van der Waals surface area contributed by atoms with Crippen LogP contribution in [0.25, 0.3) is 38.8 Å². The van der Waals surface area contributed by atoms with E-state index in [4.69, 9.17) is 9.72 Å². The average Bonchev–Trinajstić information content (AvgIpc) is 3.27. The number of pyridine rings is 2. The molecule has 4 nitrogen and oxygen atoms in total. The minimum atomic E-state index is 0. The average molecular weight is 691 g/mol. The fraction of sp³-hybridized carbons (Fsp3) is 0.176. The zero-order valence-corrected chi connectivity index (χ0v) is 24.7. The summed E-state index contributed by atoms with van der Waals surface area (Å²) in [5.74, 6) is 2.87. The van der Waals surface area contributed by atoms with E-state index in [1.807, 2.05) is 42.6 Å². The molecular weight excluding hydrogens is 661 g/mol. The SMILES string of the molecule is CC(C)c1ccnc(Oc2[c-]c(-c3[c-]c4c(cc3)c3ccccc3n4-c3ncccc3C(C)C)ccc2)c1.[Pt+2]. The maximum absolute atomic E-state index is 6.11. The van der Waals surface area contributed by atoms with Gasteiger partial charge in [-0.25, -0.2) is 21.1 Å². The molecule has 0 unspecified atom stereocenters. The van der Waals surface area contributed by atoms with Crippen LogP contribution in [-0.4, -0.2) is 14.5 Å². The zero-order valence-electron chi connectivity index (χ0n) is 22.4. The maximum Gasteiger partial charge on any atom is 2.00 e. The van der Waals surface area contributed by atoms with Crippen molar-refractivity contribution in [2.24, 2.45) is 0 Å². The van der Waals surface area contributed by atoms with Gasteiger partial charge in [0, 0.05) is 29.7 Å². The van der Waals surface area contributed by atoms with Crippen molar-refractivity contribution in [2.45, 2.75) is 39.5 Å². The molecule has 39 heavy (non-hydrogen) atoms. The Morgan fingerprint density at radius 2 is 1.54 bits per heavy atom. The van der Waals surface area contributed by atoms with Crippen molar-refractivity contribution in [3.63, 3.8) is 0 Å². The Hall–Kier alpha value is -3.75. The van der Waals surface area contributed by atoms with Crippen LogP contribution in [0.15, 0.2) is 91.3 Å². The van der Waals surface area contributed by atoms with Crippen LogP contribution in [-0.2, 0) is 21.1 Å². The van der Waals surface area contributed by atoms with Crippen LogP contribution < -0.4 is 4.74 Å². The van der Waals surface area contributed by atoms with Gasteiger partial charge in [-0.3, -0.25) is 0 Å². The quantitative estimate of drug-likeness (QED) is 0.164. The first kappa shape index (κ1) is 26.8. The number of para-hydroxylation sites is 1. The molecule has 5 heteroatoms. The van der Waals surface area contributed by atoms with Gasteiger partial charge in [-0.2, -0.15) is 24.3 Å². The van der Waals surface area contributed by atoms with Gasteiger partial charge >= 0.3 is 21.1 Å². The van der Waals surface area contributed by atoms with E-state index in [0.29, 0.717) is 23.5 Å². The number of fused-ring (bicyclic) bond motifs is 3. The first-order chi connectivity index (χ1) is 18.5. The molecule has 0 saturated carbocycles. The van der Waals surface area contributed by atoms with Crippen molar-refractivity contribution in [3.05, 3.63) is 115 Å². The minimum Gasteiger partial charge on any atom is -0.460 e. The summed E-state index contributed by atoms with van der Waals surface area (Å²) in [5, 5.41) is 2.33. The summed E-state index contributed by atoms with van der Waals surface area (Å²) in [5.41, 5.74) is 6.35. The number of hydrogen-bond donors (Lipinski definition) is 0. The summed E-state index contributed by atoms with van der Waals surface area (Å²) >= 11 is 0. The van der Waals surface area contributed by atoms with Crippen molar-refractivity contribution in [2.75, 3.05) is 0 Å². The largest absolute Gasteiger partial charge is 2.00 e. The van der Waals surface area contributed by atoms with Crippen molar-refractivity contribution in [1.29, 1.82) is 0 Å². The number of benzene rings is 3. The summed E-state index contributed by atoms with van der Waals surface area (Å²) in [6.07, 6.45) is 3.65. The van der Waals surface area contributed by atoms with Crippen LogP contribution in [0.4, 0.5) is 0 Å². The summed E-state index contributed by atoms with van der Waals surface area (Å²) in [6, 6.07) is 34.0. The molecule has 3 aromatic heterocycles. The number of rotatable bonds is 6. The molecule has 6 aromatic rings. The molecule has 6 rings (SSSR count). The number of nitrogens with zero attached hydrogens (tertiary/aromatic N) is 3. The number of aromatic nitrogens is 3. The number of hydrogen-bond acceptors (Lipinski definition) is 3. The summed E-state index contributed by atoms with van der Waals surface area (Å²) < 4.78 is 8.35. The predicted octanol–water partition coefficient (Wildman–Crippen LogP) is 8.88. The molecule has 0 N–H and O–H groups in total. The molecule has 0 aliphatic heterocycles. The Balaban J connectivity index is 0.00000308. The van der Waals surface area contributed by atoms with Crippen molar-refractivity contribution >= 4 is 21.8 Å². The van der Waals surface area contributed by atoms with Gasteiger partial charge in [-0.15, -0.1) is 18.2 Å². The Kier molecular flexibility index (Phi) is 7.68. The molecule has 0 spiro atoms. The Morgan fingerprint density at radius 3 is 2.36 bits per heavy atom. The minimum absolute atomic E-state index is 0. The van der Waals surface area contributed by atoms with E-state index in [9.17, 15) is 0 Å². The maximum atomic E-state index is 6.11. The Labute approximate surface area is 244 Å². The van der Waals surface area contributed by atoms with Gasteiger partial charge in [0.2, 0.25) is 5.88 Å². The van der Waals surface area contributed by atoms with Gasteiger partial charge in [0.15, 0.2) is 0 Å². The van der Waals surface area contributed by atoms with Crippen LogP contribution in [0.5, 0.6) is 11.6 Å². The van der Waals surface area contributed by atoms with Gasteiger partial charge in [0.25, 0.3) is 0 Å². The topological polar surface area (TPSA) is 39.9 Å². The molecule has 0 atom stereocenters. The molecule has 3 aromatic carbocycles. The molecule has 0 saturated heterocycles. The molecule has 0 bridgehead atoms. The van der Waals surface area contributed by atoms with Crippen LogP contribution in [0.3, 0.4) is 0 Å². The third-order valence-electron chi connectivity index (χ3n) is 6.93. The molecule has 0 amide bonds. The molecule has 196 valence electrons. The van der Waals surface area contributed by atoms with Gasteiger partial charge in [0.1, 0.15) is 5.82 Å². The van der Waals surface area contributed by atoms with E-state index < -0.39 is 0 Å². The smallest absolute Gasteiger partial charge is 0.460 e. The summed E-state index contributed by atoms with van der Waals surface area (Å²) in [6.45, 7) is 8.73. The molecule has 0 aliphatic carbocycles. The number of ether oxygens (including phenoxy) is 1. The normalized spacial score (nSPS) is 11.3. The third-order valence-corrected chi connectivity index (χ3v) is 6.93. The molecule has 0 fully saturated rings. The van der Waals surface area contributed by atoms with E-state index in [-0.39, 0.29) is 21.1 Å². The third kappa shape index (κ3) is 5.14. The van der Waals surface area contributed by atoms with E-state index in [0.717, 1.165) is 33.4 Å². The van der Waals surface area contributed by atoms with Crippen molar-refractivity contribution in [1.82, 2.24) is 14.5 Å². The van der Waals surface area contributed by atoms with Gasteiger partial charge in [-0.05, 0) is 52.1 Å². The van der Waals surface area contributed by atoms with Gasteiger partial charge in [-0.1, -0.05) is 57.3 Å². The predicted molar refractivity (Wildman–Crippen MR) is 154 cm³/mol. The first-order valence-corrected chi connectivity index (χ1v) is 13.1. The second-order valence-corrected chi connectivity index (χ2v) is 10.2. The standard InChI is InChI=1S/C34H29N3O.Pt/c1-22(2)24-16-18-35-33(21-24)38-27-10-7-9-25(19-27)26-14-15-30-29-11-5-6-13-31(29)37(32(30)20-26)34-28(23(3)4)12-8-17-36-34;/h5-18,21-23H,1-4H3;/q-2;+2. The van der Waals surface area contributed by atoms with E-state index >= 15 is 0 Å². The van der Waals surface area contributed by atoms with Gasteiger partial charge in [0.05, 0.1) is 0 Å². The molecular formula is C34H29N3OPt. The Morgan fingerprint density at radius 1 is 0.718 bits per heavy atom. The monoisotopic (exact) mass is 690 g/mol. The van der Waals surface area contributed by atoms with Crippen molar-refractivity contribution < 1.29 is 25.8 Å². The zero-order chi connectivity index (χ0) is 26.2. The molecule has 3 heterocycles. The van der Waals surface area contributed by atoms with Gasteiger partial charge < -0.3 is 9.30 Å². The van der Waals surface area contributed by atoms with Crippen LogP contribution >= 0.6 is 0 Å². The van der Waals surface area contributed by atoms with Crippen LogP contribution in [0, 0.1) is 12.1 Å². The van der Waals surface area contributed by atoms with Crippen LogP contribution in [0.1, 0.15) is 50.7 Å². The molecule has 0 radical (unpaired) electrons. The van der Waals surface area contributed by atoms with E-state index in [1.54, 1.807) is 6.20 Å². The van der Waals surface area contributed by atoms with Crippen LogP contribution in [0.2, 0.25) is 0 Å². The second-order valence-electron chi connectivity index (χ2n) is 10.2. The summed E-state index contributed by atoms with van der Waals surface area (Å²) in [7, 11) is 0. The molecule has 0 aliphatic rings. The summed E-state index contributed by atoms with van der Waals surface area (Å²) in [4.78, 5) is 9.23. The fourth-order valence-electron chi connectivity index (χ4n) is 4.93.